The van der Waals surface area contributed by atoms with Gasteiger partial charge < -0.3 is 10.2 Å². The van der Waals surface area contributed by atoms with Gasteiger partial charge in [0.15, 0.2) is 5.13 Å². The molecular weight excluding hydrogens is 346 g/mol. The second-order valence-corrected chi connectivity index (χ2v) is 7.62. The van der Waals surface area contributed by atoms with Crippen LogP contribution in [0.15, 0.2) is 28.7 Å². The highest BCUT2D eigenvalue weighted by Gasteiger charge is 2.21. The number of hydrogen-bond donors (Lipinski definition) is 1. The lowest BCUT2D eigenvalue weighted by Crippen LogP contribution is -2.16. The molecule has 3 nitrogen and oxygen atoms in total. The van der Waals surface area contributed by atoms with Crippen LogP contribution in [0.4, 0.5) is 5.13 Å². The van der Waals surface area contributed by atoms with Gasteiger partial charge in [-0.1, -0.05) is 28.1 Å². The van der Waals surface area contributed by atoms with Crippen molar-refractivity contribution >= 4 is 32.4 Å². The van der Waals surface area contributed by atoms with Crippen LogP contribution < -0.4 is 10.2 Å². The molecule has 0 bridgehead atoms. The van der Waals surface area contributed by atoms with Crippen molar-refractivity contribution in [1.82, 2.24) is 10.3 Å². The zero-order valence-corrected chi connectivity index (χ0v) is 14.8. The van der Waals surface area contributed by atoms with Gasteiger partial charge in [-0.3, -0.25) is 0 Å². The van der Waals surface area contributed by atoms with Crippen molar-refractivity contribution in [1.29, 1.82) is 0 Å². The first kappa shape index (κ1) is 15.0. The Bertz CT molecular complexity index is 604. The third kappa shape index (κ3) is 4.05. The van der Waals surface area contributed by atoms with Crippen LogP contribution in [0.1, 0.15) is 29.0 Å². The maximum atomic E-state index is 4.72. The Balaban J connectivity index is 1.64. The van der Waals surface area contributed by atoms with E-state index in [0.29, 0.717) is 0 Å². The molecule has 1 saturated carbocycles. The Morgan fingerprint density at radius 2 is 2.05 bits per heavy atom. The second-order valence-electron chi connectivity index (χ2n) is 5.64. The first-order valence-electron chi connectivity index (χ1n) is 7.27. The molecule has 21 heavy (non-hydrogen) atoms. The zero-order chi connectivity index (χ0) is 14.8. The van der Waals surface area contributed by atoms with Crippen molar-refractivity contribution in [2.24, 2.45) is 0 Å². The van der Waals surface area contributed by atoms with Crippen LogP contribution in [0.2, 0.25) is 0 Å². The van der Waals surface area contributed by atoms with Gasteiger partial charge in [-0.2, -0.15) is 0 Å². The fourth-order valence-electron chi connectivity index (χ4n) is 2.20. The van der Waals surface area contributed by atoms with Crippen LogP contribution >= 0.6 is 27.3 Å². The molecule has 1 heterocycles. The molecule has 1 aliphatic carbocycles. The van der Waals surface area contributed by atoms with Gasteiger partial charge in [-0.25, -0.2) is 4.98 Å². The molecule has 0 radical (unpaired) electrons. The molecule has 0 atom stereocenters. The average Bonchev–Trinajstić information content (AvgIpc) is 3.22. The average molecular weight is 366 g/mol. The Morgan fingerprint density at radius 3 is 2.71 bits per heavy atom. The van der Waals surface area contributed by atoms with E-state index in [1.54, 1.807) is 11.3 Å². The molecule has 112 valence electrons. The van der Waals surface area contributed by atoms with E-state index in [1.165, 1.54) is 23.3 Å². The molecule has 0 aliphatic heterocycles. The molecule has 0 spiro atoms. The maximum absolute atomic E-state index is 4.72. The van der Waals surface area contributed by atoms with Crippen molar-refractivity contribution in [3.8, 4) is 0 Å². The Labute approximate surface area is 138 Å². The molecule has 0 amide bonds. The lowest BCUT2D eigenvalue weighted by atomic mass is 10.2. The lowest BCUT2D eigenvalue weighted by molar-refractivity contribution is 0.691. The summed E-state index contributed by atoms with van der Waals surface area (Å²) < 4.78 is 1.12. The van der Waals surface area contributed by atoms with Crippen LogP contribution in [0.5, 0.6) is 0 Å². The first-order chi connectivity index (χ1) is 10.1. The highest BCUT2D eigenvalue weighted by molar-refractivity contribution is 9.10. The predicted molar refractivity (Wildman–Crippen MR) is 93.0 cm³/mol. The molecule has 1 aromatic heterocycles. The molecule has 5 heteroatoms. The fourth-order valence-corrected chi connectivity index (χ4v) is 3.43. The number of aryl methyl sites for hydroxylation is 1. The third-order valence-electron chi connectivity index (χ3n) is 3.67. The molecule has 1 N–H and O–H groups in total. The Morgan fingerprint density at radius 1 is 1.33 bits per heavy atom. The largest absolute Gasteiger partial charge is 0.347 e. The summed E-state index contributed by atoms with van der Waals surface area (Å²) in [7, 11) is 2.11. The smallest absolute Gasteiger partial charge is 0.185 e. The monoisotopic (exact) mass is 365 g/mol. The van der Waals surface area contributed by atoms with E-state index in [4.69, 9.17) is 4.98 Å². The minimum atomic E-state index is 0.746. The summed E-state index contributed by atoms with van der Waals surface area (Å²) in [4.78, 5) is 8.30. The molecule has 1 aliphatic rings. The van der Waals surface area contributed by atoms with E-state index >= 15 is 0 Å². The number of anilines is 1. The fraction of sp³-hybridized carbons (Fsp3) is 0.438. The number of aromatic nitrogens is 1. The summed E-state index contributed by atoms with van der Waals surface area (Å²) in [5.41, 5.74) is 2.46. The van der Waals surface area contributed by atoms with E-state index in [9.17, 15) is 0 Å². The predicted octanol–water partition coefficient (Wildman–Crippen LogP) is 4.10. The zero-order valence-electron chi connectivity index (χ0n) is 12.4. The molecule has 1 fully saturated rings. The van der Waals surface area contributed by atoms with Gasteiger partial charge in [0.25, 0.3) is 0 Å². The van der Waals surface area contributed by atoms with Crippen LogP contribution in [-0.2, 0) is 13.1 Å². The van der Waals surface area contributed by atoms with Gasteiger partial charge in [0.05, 0.1) is 5.69 Å². The van der Waals surface area contributed by atoms with Gasteiger partial charge in [0, 0.05) is 35.5 Å². The number of benzene rings is 1. The number of hydrogen-bond acceptors (Lipinski definition) is 4. The number of thiazole rings is 1. The maximum Gasteiger partial charge on any atom is 0.185 e. The van der Waals surface area contributed by atoms with Gasteiger partial charge in [-0.15, -0.1) is 11.3 Å². The quantitative estimate of drug-likeness (QED) is 0.834. The molecule has 2 aromatic rings. The minimum Gasteiger partial charge on any atom is -0.347 e. The highest BCUT2D eigenvalue weighted by atomic mass is 79.9. The molecule has 1 aromatic carbocycles. The summed E-state index contributed by atoms with van der Waals surface area (Å²) in [5.74, 6) is 0. The molecule has 0 saturated heterocycles. The normalized spacial score (nSPS) is 14.4. The van der Waals surface area contributed by atoms with E-state index in [1.807, 2.05) is 0 Å². The standard InChI is InChI=1S/C16H20BrN3S/c1-11-15(9-18-14-7-8-14)21-16(19-11)20(2)10-12-3-5-13(17)6-4-12/h3-6,14,18H,7-10H2,1-2H3. The number of rotatable bonds is 6. The second kappa shape index (κ2) is 6.46. The van der Waals surface area contributed by atoms with Crippen molar-refractivity contribution in [3.05, 3.63) is 44.9 Å². The lowest BCUT2D eigenvalue weighted by Gasteiger charge is -2.15. The SMILES string of the molecule is Cc1nc(N(C)Cc2ccc(Br)cc2)sc1CNC1CC1. The van der Waals surface area contributed by atoms with E-state index in [2.05, 4.69) is 64.4 Å². The molecule has 0 unspecified atom stereocenters. The van der Waals surface area contributed by atoms with Gasteiger partial charge >= 0.3 is 0 Å². The van der Waals surface area contributed by atoms with E-state index < -0.39 is 0 Å². The van der Waals surface area contributed by atoms with Crippen LogP contribution in [0, 0.1) is 6.92 Å². The van der Waals surface area contributed by atoms with E-state index in [0.717, 1.165) is 34.4 Å². The summed E-state index contributed by atoms with van der Waals surface area (Å²) in [6, 6.07) is 9.21. The van der Waals surface area contributed by atoms with Crippen molar-refractivity contribution in [3.63, 3.8) is 0 Å². The topological polar surface area (TPSA) is 28.2 Å². The summed E-state index contributed by atoms with van der Waals surface area (Å²) in [5, 5.41) is 4.67. The Kier molecular flexibility index (Phi) is 4.62. The van der Waals surface area contributed by atoms with Crippen molar-refractivity contribution < 1.29 is 0 Å². The van der Waals surface area contributed by atoms with Crippen LogP contribution in [0.25, 0.3) is 0 Å². The van der Waals surface area contributed by atoms with Crippen molar-refractivity contribution in [2.75, 3.05) is 11.9 Å². The summed E-state index contributed by atoms with van der Waals surface area (Å²) in [6.45, 7) is 3.95. The van der Waals surface area contributed by atoms with Gasteiger partial charge in [0.2, 0.25) is 0 Å². The minimum absolute atomic E-state index is 0.746. The summed E-state index contributed by atoms with van der Waals surface area (Å²) in [6.07, 6.45) is 2.66. The number of nitrogens with zero attached hydrogens (tertiary/aromatic N) is 2. The highest BCUT2D eigenvalue weighted by Crippen LogP contribution is 2.28. The van der Waals surface area contributed by atoms with Crippen LogP contribution in [0.3, 0.4) is 0 Å². The molecule has 3 rings (SSSR count). The van der Waals surface area contributed by atoms with Crippen LogP contribution in [-0.4, -0.2) is 18.1 Å². The first-order valence-corrected chi connectivity index (χ1v) is 8.88. The van der Waals surface area contributed by atoms with E-state index in [-0.39, 0.29) is 0 Å². The Hall–Kier alpha value is -0.910. The van der Waals surface area contributed by atoms with Gasteiger partial charge in [-0.05, 0) is 37.5 Å². The number of nitrogens with one attached hydrogen (secondary N) is 1. The number of halogens is 1. The third-order valence-corrected chi connectivity index (χ3v) is 5.47. The van der Waals surface area contributed by atoms with Crippen molar-refractivity contribution in [2.45, 2.75) is 38.9 Å². The summed E-state index contributed by atoms with van der Waals surface area (Å²) >= 11 is 5.28. The van der Waals surface area contributed by atoms with Gasteiger partial charge in [0.1, 0.15) is 0 Å². The molecular formula is C16H20BrN3S.